The highest BCUT2D eigenvalue weighted by Crippen LogP contribution is 2.59. The van der Waals surface area contributed by atoms with Crippen molar-refractivity contribution in [1.29, 1.82) is 0 Å². The number of nitrogens with zero attached hydrogens (tertiary/aromatic N) is 1. The molecule has 1 heterocycles. The summed E-state index contributed by atoms with van der Waals surface area (Å²) >= 11 is 0. The summed E-state index contributed by atoms with van der Waals surface area (Å²) in [7, 11) is 0. The van der Waals surface area contributed by atoms with Crippen LogP contribution in [0.1, 0.15) is 33.6 Å². The van der Waals surface area contributed by atoms with Gasteiger partial charge in [-0.1, -0.05) is 13.8 Å². The number of carbonyl (C=O) groups excluding carboxylic acids is 1. The molecule has 0 aromatic rings. The van der Waals surface area contributed by atoms with Crippen LogP contribution in [-0.2, 0) is 14.3 Å². The molecular formula is C14H23NO4. The Morgan fingerprint density at radius 1 is 1.26 bits per heavy atom. The minimum atomic E-state index is -0.854. The fraction of sp³-hybridized carbons (Fsp3) is 0.857. The minimum absolute atomic E-state index is 0.00680. The summed E-state index contributed by atoms with van der Waals surface area (Å²) in [4.78, 5) is 25.3. The molecule has 0 aromatic carbocycles. The number of piperidine rings is 1. The van der Waals surface area contributed by atoms with Crippen molar-refractivity contribution in [2.75, 3.05) is 19.7 Å². The van der Waals surface area contributed by atoms with Crippen molar-refractivity contribution < 1.29 is 19.4 Å². The van der Waals surface area contributed by atoms with Crippen LogP contribution >= 0.6 is 0 Å². The van der Waals surface area contributed by atoms with E-state index >= 15 is 0 Å². The second-order valence-corrected chi connectivity index (χ2v) is 6.09. The van der Waals surface area contributed by atoms with Gasteiger partial charge >= 0.3 is 5.97 Å². The zero-order chi connectivity index (χ0) is 14.2. The first-order chi connectivity index (χ1) is 8.89. The third kappa shape index (κ3) is 2.61. The van der Waals surface area contributed by atoms with Crippen LogP contribution in [0.4, 0.5) is 0 Å². The number of carboxylic acids is 1. The molecule has 0 radical (unpaired) electrons. The Labute approximate surface area is 113 Å². The summed E-state index contributed by atoms with van der Waals surface area (Å²) in [6.07, 6.45) is 1.95. The molecule has 1 saturated heterocycles. The fourth-order valence-electron chi connectivity index (χ4n) is 3.23. The van der Waals surface area contributed by atoms with E-state index in [0.717, 1.165) is 12.8 Å². The van der Waals surface area contributed by atoms with Gasteiger partial charge in [0, 0.05) is 19.7 Å². The fourth-order valence-corrected chi connectivity index (χ4v) is 3.23. The van der Waals surface area contributed by atoms with Crippen LogP contribution in [0.25, 0.3) is 0 Å². The number of amides is 1. The maximum Gasteiger partial charge on any atom is 0.307 e. The Bertz CT molecular complexity index is 372. The number of aliphatic carboxylic acids is 1. The van der Waals surface area contributed by atoms with Crippen molar-refractivity contribution >= 4 is 11.9 Å². The van der Waals surface area contributed by atoms with Crippen LogP contribution in [0.15, 0.2) is 0 Å². The van der Waals surface area contributed by atoms with Crippen molar-refractivity contribution in [1.82, 2.24) is 4.90 Å². The van der Waals surface area contributed by atoms with Gasteiger partial charge in [-0.15, -0.1) is 0 Å². The molecule has 2 fully saturated rings. The largest absolute Gasteiger partial charge is 0.481 e. The van der Waals surface area contributed by atoms with Gasteiger partial charge < -0.3 is 14.7 Å². The van der Waals surface area contributed by atoms with Gasteiger partial charge in [0.2, 0.25) is 5.91 Å². The van der Waals surface area contributed by atoms with E-state index in [1.807, 2.05) is 25.7 Å². The molecule has 0 spiro atoms. The molecule has 2 unspecified atom stereocenters. The van der Waals surface area contributed by atoms with Crippen LogP contribution in [0.5, 0.6) is 0 Å². The van der Waals surface area contributed by atoms with Gasteiger partial charge in [0.1, 0.15) is 0 Å². The van der Waals surface area contributed by atoms with Gasteiger partial charge in [-0.05, 0) is 25.2 Å². The number of likely N-dealkylation sites (tertiary alicyclic amines) is 1. The predicted molar refractivity (Wildman–Crippen MR) is 69.6 cm³/mol. The van der Waals surface area contributed by atoms with E-state index in [-0.39, 0.29) is 17.9 Å². The Kier molecular flexibility index (Phi) is 3.85. The SMILES string of the molecule is CCOC1CCN(C(=O)C2C(C(=O)O)C2(C)C)CC1. The molecule has 0 aromatic heterocycles. The number of rotatable bonds is 4. The smallest absolute Gasteiger partial charge is 0.307 e. The van der Waals surface area contributed by atoms with Crippen molar-refractivity contribution in [2.24, 2.45) is 17.3 Å². The number of carbonyl (C=O) groups is 2. The molecule has 5 nitrogen and oxygen atoms in total. The molecule has 2 aliphatic rings. The number of ether oxygens (including phenoxy) is 1. The lowest BCUT2D eigenvalue weighted by atomic mass is 10.1. The number of carboxylic acid groups (broad SMARTS) is 1. The average molecular weight is 269 g/mol. The lowest BCUT2D eigenvalue weighted by molar-refractivity contribution is -0.142. The lowest BCUT2D eigenvalue weighted by Crippen LogP contribution is -2.42. The Balaban J connectivity index is 1.91. The van der Waals surface area contributed by atoms with Gasteiger partial charge in [0.25, 0.3) is 0 Å². The van der Waals surface area contributed by atoms with Crippen LogP contribution in [0.2, 0.25) is 0 Å². The second kappa shape index (κ2) is 5.12. The quantitative estimate of drug-likeness (QED) is 0.837. The zero-order valence-corrected chi connectivity index (χ0v) is 11.9. The third-order valence-corrected chi connectivity index (χ3v) is 4.52. The molecular weight excluding hydrogens is 246 g/mol. The monoisotopic (exact) mass is 269 g/mol. The molecule has 1 amide bonds. The summed E-state index contributed by atoms with van der Waals surface area (Å²) in [5.41, 5.74) is -0.403. The van der Waals surface area contributed by atoms with E-state index < -0.39 is 17.3 Å². The van der Waals surface area contributed by atoms with Gasteiger partial charge in [0.05, 0.1) is 17.9 Å². The van der Waals surface area contributed by atoms with E-state index in [1.54, 1.807) is 0 Å². The molecule has 1 saturated carbocycles. The highest BCUT2D eigenvalue weighted by atomic mass is 16.5. The molecule has 19 heavy (non-hydrogen) atoms. The lowest BCUT2D eigenvalue weighted by Gasteiger charge is -2.32. The third-order valence-electron chi connectivity index (χ3n) is 4.52. The summed E-state index contributed by atoms with van der Waals surface area (Å²) in [5.74, 6) is -1.72. The van der Waals surface area contributed by atoms with Crippen LogP contribution in [0.3, 0.4) is 0 Å². The predicted octanol–water partition coefficient (Wildman–Crippen LogP) is 1.37. The highest BCUT2D eigenvalue weighted by molar-refractivity contribution is 5.91. The van der Waals surface area contributed by atoms with E-state index in [9.17, 15) is 9.59 Å². The van der Waals surface area contributed by atoms with E-state index in [4.69, 9.17) is 9.84 Å². The van der Waals surface area contributed by atoms with Gasteiger partial charge in [-0.25, -0.2) is 0 Å². The maximum absolute atomic E-state index is 12.4. The van der Waals surface area contributed by atoms with Gasteiger partial charge in [-0.3, -0.25) is 9.59 Å². The first kappa shape index (κ1) is 14.3. The normalized spacial score (nSPS) is 30.2. The summed E-state index contributed by atoms with van der Waals surface area (Å²) in [6, 6.07) is 0. The molecule has 2 rings (SSSR count). The van der Waals surface area contributed by atoms with Crippen LogP contribution < -0.4 is 0 Å². The van der Waals surface area contributed by atoms with Crippen LogP contribution in [0, 0.1) is 17.3 Å². The van der Waals surface area contributed by atoms with Crippen molar-refractivity contribution in [3.8, 4) is 0 Å². The topological polar surface area (TPSA) is 66.8 Å². The van der Waals surface area contributed by atoms with Crippen molar-refractivity contribution in [3.05, 3.63) is 0 Å². The van der Waals surface area contributed by atoms with Crippen molar-refractivity contribution in [2.45, 2.75) is 39.7 Å². The van der Waals surface area contributed by atoms with E-state index in [2.05, 4.69) is 0 Å². The second-order valence-electron chi connectivity index (χ2n) is 6.09. The molecule has 5 heteroatoms. The Hall–Kier alpha value is -1.10. The molecule has 1 aliphatic heterocycles. The average Bonchev–Trinajstić information content (AvgIpc) is 2.93. The van der Waals surface area contributed by atoms with Crippen molar-refractivity contribution in [3.63, 3.8) is 0 Å². The zero-order valence-electron chi connectivity index (χ0n) is 11.9. The maximum atomic E-state index is 12.4. The minimum Gasteiger partial charge on any atom is -0.481 e. The standard InChI is InChI=1S/C14H23NO4/c1-4-19-9-5-7-15(8-6-9)12(16)10-11(13(17)18)14(10,2)3/h9-11H,4-8H2,1-3H3,(H,17,18). The molecule has 108 valence electrons. The molecule has 1 aliphatic carbocycles. The number of hydrogen-bond donors (Lipinski definition) is 1. The summed E-state index contributed by atoms with van der Waals surface area (Å²) in [5, 5.41) is 9.13. The highest BCUT2D eigenvalue weighted by Gasteiger charge is 2.66. The van der Waals surface area contributed by atoms with E-state index in [0.29, 0.717) is 19.7 Å². The Morgan fingerprint density at radius 3 is 2.26 bits per heavy atom. The molecule has 1 N–H and O–H groups in total. The van der Waals surface area contributed by atoms with Gasteiger partial charge in [0.15, 0.2) is 0 Å². The van der Waals surface area contributed by atoms with Crippen LogP contribution in [-0.4, -0.2) is 47.7 Å². The van der Waals surface area contributed by atoms with Gasteiger partial charge in [-0.2, -0.15) is 0 Å². The molecule has 0 bridgehead atoms. The van der Waals surface area contributed by atoms with E-state index in [1.165, 1.54) is 0 Å². The summed E-state index contributed by atoms with van der Waals surface area (Å²) in [6.45, 7) is 7.77. The number of hydrogen-bond acceptors (Lipinski definition) is 3. The first-order valence-electron chi connectivity index (χ1n) is 7.02. The first-order valence-corrected chi connectivity index (χ1v) is 7.02. The summed E-state index contributed by atoms with van der Waals surface area (Å²) < 4.78 is 5.56. The Morgan fingerprint density at radius 2 is 1.84 bits per heavy atom. The molecule has 2 atom stereocenters.